The number of carbonyl (C=O) groups excluding carboxylic acids is 2. The Morgan fingerprint density at radius 2 is 2.06 bits per heavy atom. The standard InChI is InChI=1S/C25H27N7O2S/c1-16-22(35-15-26-16)9-11-31-21-8-10-30(13-19(21)24(29-31)25(34)28-18-6-7-18)23(33)14-32-20-5-3-2-4-17(20)12-27-32/h2-5,12,15,18H,6-11,13-14H2,1H3,(H,28,34). The summed E-state index contributed by atoms with van der Waals surface area (Å²) in [7, 11) is 0. The van der Waals surface area contributed by atoms with E-state index in [0.29, 0.717) is 31.7 Å². The van der Waals surface area contributed by atoms with Gasteiger partial charge in [-0.1, -0.05) is 18.2 Å². The smallest absolute Gasteiger partial charge is 0.272 e. The molecule has 10 heteroatoms. The van der Waals surface area contributed by atoms with Crippen LogP contribution in [0.25, 0.3) is 10.9 Å². The lowest BCUT2D eigenvalue weighted by Crippen LogP contribution is -2.39. The second-order valence-corrected chi connectivity index (χ2v) is 10.2. The molecular weight excluding hydrogens is 462 g/mol. The summed E-state index contributed by atoms with van der Waals surface area (Å²) in [4.78, 5) is 33.7. The van der Waals surface area contributed by atoms with Crippen LogP contribution in [0.1, 0.15) is 45.2 Å². The van der Waals surface area contributed by atoms with Crippen molar-refractivity contribution in [3.8, 4) is 0 Å². The van der Waals surface area contributed by atoms with Gasteiger partial charge < -0.3 is 10.2 Å². The van der Waals surface area contributed by atoms with Gasteiger partial charge in [0.05, 0.1) is 22.9 Å². The zero-order chi connectivity index (χ0) is 23.9. The van der Waals surface area contributed by atoms with Crippen LogP contribution in [0.4, 0.5) is 0 Å². The molecule has 1 N–H and O–H groups in total. The summed E-state index contributed by atoms with van der Waals surface area (Å²) < 4.78 is 3.72. The summed E-state index contributed by atoms with van der Waals surface area (Å²) in [6.45, 7) is 3.87. The molecule has 180 valence electrons. The molecule has 1 aliphatic carbocycles. The third kappa shape index (κ3) is 4.34. The molecule has 35 heavy (non-hydrogen) atoms. The number of benzene rings is 1. The molecule has 0 radical (unpaired) electrons. The van der Waals surface area contributed by atoms with E-state index >= 15 is 0 Å². The first-order chi connectivity index (χ1) is 17.1. The van der Waals surface area contributed by atoms with Crippen molar-refractivity contribution in [1.29, 1.82) is 0 Å². The highest BCUT2D eigenvalue weighted by atomic mass is 32.1. The molecule has 4 heterocycles. The van der Waals surface area contributed by atoms with Crippen molar-refractivity contribution in [2.24, 2.45) is 0 Å². The number of fused-ring (bicyclic) bond motifs is 2. The van der Waals surface area contributed by atoms with Gasteiger partial charge in [-0.05, 0) is 25.8 Å². The fourth-order valence-electron chi connectivity index (χ4n) is 4.71. The van der Waals surface area contributed by atoms with Crippen LogP contribution in [0, 0.1) is 6.92 Å². The number of para-hydroxylation sites is 1. The lowest BCUT2D eigenvalue weighted by Gasteiger charge is -2.28. The van der Waals surface area contributed by atoms with Crippen molar-refractivity contribution < 1.29 is 9.59 Å². The van der Waals surface area contributed by atoms with Crippen LogP contribution in [0.2, 0.25) is 0 Å². The molecule has 3 aromatic heterocycles. The molecule has 1 fully saturated rings. The first-order valence-corrected chi connectivity index (χ1v) is 12.9. The molecule has 6 rings (SSSR count). The number of carbonyl (C=O) groups is 2. The maximum absolute atomic E-state index is 13.2. The van der Waals surface area contributed by atoms with Crippen LogP contribution in [0.3, 0.4) is 0 Å². The van der Waals surface area contributed by atoms with Crippen LogP contribution in [0.5, 0.6) is 0 Å². The van der Waals surface area contributed by atoms with Crippen LogP contribution in [-0.4, -0.2) is 53.8 Å². The van der Waals surface area contributed by atoms with E-state index in [4.69, 9.17) is 5.10 Å². The Morgan fingerprint density at radius 3 is 2.86 bits per heavy atom. The Hall–Kier alpha value is -3.53. The molecule has 0 spiro atoms. The molecule has 0 saturated heterocycles. The minimum Gasteiger partial charge on any atom is -0.348 e. The van der Waals surface area contributed by atoms with Gasteiger partial charge >= 0.3 is 0 Å². The van der Waals surface area contributed by atoms with Gasteiger partial charge in [-0.2, -0.15) is 10.2 Å². The van der Waals surface area contributed by atoms with E-state index in [1.165, 1.54) is 4.88 Å². The van der Waals surface area contributed by atoms with Gasteiger partial charge in [0.15, 0.2) is 5.69 Å². The molecule has 1 aliphatic heterocycles. The largest absolute Gasteiger partial charge is 0.348 e. The second kappa shape index (κ2) is 8.92. The minimum atomic E-state index is -0.135. The third-order valence-electron chi connectivity index (χ3n) is 6.85. The first-order valence-electron chi connectivity index (χ1n) is 12.0. The Balaban J connectivity index is 1.23. The van der Waals surface area contributed by atoms with E-state index in [-0.39, 0.29) is 24.4 Å². The molecule has 0 bridgehead atoms. The first kappa shape index (κ1) is 22.0. The molecular formula is C25H27N7O2S. The number of hydrogen-bond acceptors (Lipinski definition) is 6. The second-order valence-electron chi connectivity index (χ2n) is 9.28. The zero-order valence-corrected chi connectivity index (χ0v) is 20.4. The Labute approximate surface area is 206 Å². The lowest BCUT2D eigenvalue weighted by atomic mass is 10.0. The van der Waals surface area contributed by atoms with Crippen LogP contribution >= 0.6 is 11.3 Å². The molecule has 2 aliphatic rings. The van der Waals surface area contributed by atoms with Crippen LogP contribution < -0.4 is 5.32 Å². The van der Waals surface area contributed by atoms with Crippen molar-refractivity contribution in [2.45, 2.75) is 58.3 Å². The Morgan fingerprint density at radius 1 is 1.20 bits per heavy atom. The maximum Gasteiger partial charge on any atom is 0.272 e. The SMILES string of the molecule is Cc1ncsc1CCn1nc(C(=O)NC2CC2)c2c1CCN(C(=O)Cn1ncc3ccccc31)C2. The van der Waals surface area contributed by atoms with E-state index in [2.05, 4.69) is 15.4 Å². The molecule has 0 unspecified atom stereocenters. The predicted octanol–water partition coefficient (Wildman–Crippen LogP) is 2.72. The van der Waals surface area contributed by atoms with Gasteiger partial charge in [-0.3, -0.25) is 19.0 Å². The maximum atomic E-state index is 13.2. The monoisotopic (exact) mass is 489 g/mol. The average molecular weight is 490 g/mol. The molecule has 9 nitrogen and oxygen atoms in total. The minimum absolute atomic E-state index is 0.00825. The van der Waals surface area contributed by atoms with Gasteiger partial charge in [0.25, 0.3) is 5.91 Å². The summed E-state index contributed by atoms with van der Waals surface area (Å²) in [6.07, 6.45) is 5.31. The van der Waals surface area contributed by atoms with E-state index in [0.717, 1.165) is 47.1 Å². The van der Waals surface area contributed by atoms with Crippen molar-refractivity contribution in [1.82, 2.24) is 34.8 Å². The van der Waals surface area contributed by atoms with E-state index in [9.17, 15) is 9.59 Å². The highest BCUT2D eigenvalue weighted by Crippen LogP contribution is 2.26. The van der Waals surface area contributed by atoms with Crippen molar-refractivity contribution in [3.63, 3.8) is 0 Å². The number of nitrogens with one attached hydrogen (secondary N) is 1. The molecule has 1 saturated carbocycles. The highest BCUT2D eigenvalue weighted by Gasteiger charge is 2.32. The average Bonchev–Trinajstić information content (AvgIpc) is 3.27. The van der Waals surface area contributed by atoms with Gasteiger partial charge in [-0.15, -0.1) is 11.3 Å². The normalized spacial score (nSPS) is 15.4. The third-order valence-corrected chi connectivity index (χ3v) is 7.84. The molecule has 0 atom stereocenters. The Bertz CT molecular complexity index is 1410. The lowest BCUT2D eigenvalue weighted by molar-refractivity contribution is -0.132. The fraction of sp³-hybridized carbons (Fsp3) is 0.400. The van der Waals surface area contributed by atoms with E-state index in [1.54, 1.807) is 22.2 Å². The summed E-state index contributed by atoms with van der Waals surface area (Å²) in [5, 5.41) is 13.2. The molecule has 1 aromatic carbocycles. The predicted molar refractivity (Wildman–Crippen MR) is 132 cm³/mol. The number of rotatable bonds is 7. The number of aryl methyl sites for hydroxylation is 3. The van der Waals surface area contributed by atoms with Crippen molar-refractivity contribution in [3.05, 3.63) is 63.5 Å². The van der Waals surface area contributed by atoms with E-state index < -0.39 is 0 Å². The topological polar surface area (TPSA) is 97.9 Å². The number of nitrogens with zero attached hydrogens (tertiary/aromatic N) is 6. The molecule has 4 aromatic rings. The van der Waals surface area contributed by atoms with Crippen molar-refractivity contribution in [2.75, 3.05) is 6.54 Å². The number of thiazole rings is 1. The number of hydrogen-bond donors (Lipinski definition) is 1. The van der Waals surface area contributed by atoms with Gasteiger partial charge in [0, 0.05) is 60.0 Å². The Kier molecular flexibility index (Phi) is 5.60. The number of amides is 2. The zero-order valence-electron chi connectivity index (χ0n) is 19.6. The van der Waals surface area contributed by atoms with Crippen LogP contribution in [-0.2, 0) is 37.3 Å². The summed E-state index contributed by atoms with van der Waals surface area (Å²) in [5.74, 6) is -0.144. The van der Waals surface area contributed by atoms with Gasteiger partial charge in [-0.25, -0.2) is 4.98 Å². The van der Waals surface area contributed by atoms with Gasteiger partial charge in [0.1, 0.15) is 6.54 Å². The summed E-state index contributed by atoms with van der Waals surface area (Å²) >= 11 is 1.65. The highest BCUT2D eigenvalue weighted by molar-refractivity contribution is 7.09. The van der Waals surface area contributed by atoms with Crippen LogP contribution in [0.15, 0.2) is 36.0 Å². The summed E-state index contributed by atoms with van der Waals surface area (Å²) in [6, 6.07) is 8.12. The number of aromatic nitrogens is 5. The van der Waals surface area contributed by atoms with Gasteiger partial charge in [0.2, 0.25) is 5.91 Å². The quantitative estimate of drug-likeness (QED) is 0.431. The van der Waals surface area contributed by atoms with E-state index in [1.807, 2.05) is 46.3 Å². The molecule has 2 amide bonds. The fourth-order valence-corrected chi connectivity index (χ4v) is 5.48. The summed E-state index contributed by atoms with van der Waals surface area (Å²) in [5.41, 5.74) is 6.23. The van der Waals surface area contributed by atoms with Crippen molar-refractivity contribution >= 4 is 34.1 Å².